The lowest BCUT2D eigenvalue weighted by Crippen LogP contribution is -1.16. The Morgan fingerprint density at radius 2 is 1.33 bits per heavy atom. The van der Waals surface area contributed by atoms with Crippen molar-refractivity contribution in [3.63, 3.8) is 0 Å². The minimum absolute atomic E-state index is 0. The Labute approximate surface area is 60.3 Å². The van der Waals surface area contributed by atoms with Gasteiger partial charge in [-0.15, -0.1) is 0 Å². The van der Waals surface area contributed by atoms with Gasteiger partial charge < -0.3 is 6.15 Å². The number of thiophene rings is 1. The third kappa shape index (κ3) is 7.66. The monoisotopic (exact) mass is 143 g/mol. The van der Waals surface area contributed by atoms with E-state index in [-0.39, 0.29) is 6.15 Å². The molecule has 0 bridgehead atoms. The first-order chi connectivity index (χ1) is 4.00. The highest BCUT2D eigenvalue weighted by atomic mass is 32.1. The zero-order valence-corrected chi connectivity index (χ0v) is 6.36. The van der Waals surface area contributed by atoms with Crippen molar-refractivity contribution in [2.45, 2.75) is 19.3 Å². The quantitative estimate of drug-likeness (QED) is 0.595. The van der Waals surface area contributed by atoms with Crippen molar-refractivity contribution in [3.05, 3.63) is 22.9 Å². The van der Waals surface area contributed by atoms with Crippen molar-refractivity contribution in [1.29, 1.82) is 0 Å². The fourth-order valence-corrected chi connectivity index (χ4v) is 0.680. The van der Waals surface area contributed by atoms with Crippen molar-refractivity contribution in [1.82, 2.24) is 6.15 Å². The van der Waals surface area contributed by atoms with Crippen molar-refractivity contribution in [2.24, 2.45) is 0 Å². The molecule has 1 aromatic heterocycles. The molecular weight excluding hydrogens is 130 g/mol. The zero-order chi connectivity index (χ0) is 5.66. The number of rotatable bonds is 0. The smallest absolute Gasteiger partial charge is 0.00934 e. The minimum atomic E-state index is 0. The second-order valence-electron chi connectivity index (χ2n) is 1.85. The van der Waals surface area contributed by atoms with Crippen LogP contribution in [0, 0.1) is 0 Å². The van der Waals surface area contributed by atoms with E-state index in [4.69, 9.17) is 0 Å². The van der Waals surface area contributed by atoms with Gasteiger partial charge in [-0.2, -0.15) is 11.3 Å². The summed E-state index contributed by atoms with van der Waals surface area (Å²) in [5.74, 6) is 0. The minimum Gasteiger partial charge on any atom is -0.344 e. The molecule has 0 amide bonds. The van der Waals surface area contributed by atoms with Gasteiger partial charge in [-0.05, 0) is 10.8 Å². The summed E-state index contributed by atoms with van der Waals surface area (Å²) in [6, 6.07) is 4.04. The van der Waals surface area contributed by atoms with Crippen LogP contribution in [0.4, 0.5) is 0 Å². The molecule has 1 nitrogen and oxygen atoms in total. The Bertz CT molecular complexity index is 92.5. The summed E-state index contributed by atoms with van der Waals surface area (Å²) in [7, 11) is 0. The first kappa shape index (κ1) is 8.66. The van der Waals surface area contributed by atoms with Crippen LogP contribution in [-0.2, 0) is 0 Å². The fourth-order valence-electron chi connectivity index (χ4n) is 0.227. The molecule has 0 atom stereocenters. The van der Waals surface area contributed by atoms with Gasteiger partial charge in [-0.3, -0.25) is 0 Å². The Morgan fingerprint density at radius 3 is 1.44 bits per heavy atom. The summed E-state index contributed by atoms with van der Waals surface area (Å²) in [4.78, 5) is 0. The molecule has 1 aliphatic carbocycles. The van der Waals surface area contributed by atoms with Crippen LogP contribution >= 0.6 is 11.3 Å². The van der Waals surface area contributed by atoms with Crippen LogP contribution in [0.15, 0.2) is 22.9 Å². The molecule has 52 valence electrons. The maximum atomic E-state index is 2.04. The lowest BCUT2D eigenvalue weighted by Gasteiger charge is -1.39. The van der Waals surface area contributed by atoms with Crippen molar-refractivity contribution in [2.75, 3.05) is 0 Å². The van der Waals surface area contributed by atoms with E-state index in [0.29, 0.717) is 0 Å². The first-order valence-electron chi connectivity index (χ1n) is 2.97. The van der Waals surface area contributed by atoms with E-state index in [0.717, 1.165) is 0 Å². The zero-order valence-electron chi connectivity index (χ0n) is 5.55. The van der Waals surface area contributed by atoms with Gasteiger partial charge in [0.15, 0.2) is 0 Å². The van der Waals surface area contributed by atoms with Gasteiger partial charge in [0.2, 0.25) is 0 Å². The average molecular weight is 143 g/mol. The van der Waals surface area contributed by atoms with Crippen LogP contribution in [0.5, 0.6) is 0 Å². The van der Waals surface area contributed by atoms with Gasteiger partial charge in [0.25, 0.3) is 0 Å². The van der Waals surface area contributed by atoms with E-state index in [2.05, 4.69) is 0 Å². The summed E-state index contributed by atoms with van der Waals surface area (Å²) in [5.41, 5.74) is 0. The Kier molecular flexibility index (Phi) is 5.57. The molecule has 0 aromatic carbocycles. The second-order valence-corrected chi connectivity index (χ2v) is 2.67. The van der Waals surface area contributed by atoms with E-state index in [9.17, 15) is 0 Å². The molecule has 2 rings (SSSR count). The van der Waals surface area contributed by atoms with Crippen molar-refractivity contribution < 1.29 is 0 Å². The molecule has 0 aliphatic heterocycles. The lowest BCUT2D eigenvalue weighted by atomic mass is 10.7. The van der Waals surface area contributed by atoms with Gasteiger partial charge in [0.1, 0.15) is 0 Å². The standard InChI is InChI=1S/C4H4S.C3H6.H3N/c1-2-4-5-3-1;1-2-3-1;/h1-4H;1-3H2;1H3. The summed E-state index contributed by atoms with van der Waals surface area (Å²) in [6.07, 6.45) is 4.50. The maximum Gasteiger partial charge on any atom is -0.00934 e. The molecule has 1 saturated carbocycles. The van der Waals surface area contributed by atoms with Crippen LogP contribution in [0.3, 0.4) is 0 Å². The number of hydrogen-bond donors (Lipinski definition) is 1. The predicted molar refractivity (Wildman–Crippen MR) is 43.2 cm³/mol. The molecule has 2 heteroatoms. The molecule has 1 aliphatic rings. The van der Waals surface area contributed by atoms with E-state index in [1.807, 2.05) is 22.9 Å². The van der Waals surface area contributed by atoms with Crippen molar-refractivity contribution in [3.8, 4) is 0 Å². The van der Waals surface area contributed by atoms with E-state index < -0.39 is 0 Å². The van der Waals surface area contributed by atoms with Crippen LogP contribution in [-0.4, -0.2) is 0 Å². The third-order valence-corrected chi connectivity index (χ3v) is 1.41. The fraction of sp³-hybridized carbons (Fsp3) is 0.429. The summed E-state index contributed by atoms with van der Waals surface area (Å²) < 4.78 is 0. The van der Waals surface area contributed by atoms with Gasteiger partial charge in [0, 0.05) is 0 Å². The van der Waals surface area contributed by atoms with Gasteiger partial charge in [0.05, 0.1) is 0 Å². The highest BCUT2D eigenvalue weighted by Crippen LogP contribution is 2.14. The topological polar surface area (TPSA) is 35.0 Å². The van der Waals surface area contributed by atoms with Crippen LogP contribution in [0.1, 0.15) is 19.3 Å². The highest BCUT2D eigenvalue weighted by molar-refractivity contribution is 7.07. The number of hydrogen-bond acceptors (Lipinski definition) is 2. The molecular formula is C7H13NS. The van der Waals surface area contributed by atoms with Crippen LogP contribution in [0.2, 0.25) is 0 Å². The molecule has 3 N–H and O–H groups in total. The Morgan fingerprint density at radius 1 is 0.889 bits per heavy atom. The van der Waals surface area contributed by atoms with Crippen LogP contribution < -0.4 is 6.15 Å². The molecule has 0 unspecified atom stereocenters. The largest absolute Gasteiger partial charge is 0.344 e. The molecule has 0 radical (unpaired) electrons. The Hall–Kier alpha value is -0.340. The molecule has 0 saturated heterocycles. The van der Waals surface area contributed by atoms with Crippen LogP contribution in [0.25, 0.3) is 0 Å². The SMILES string of the molecule is C1CC1.N.c1ccsc1. The molecule has 1 fully saturated rings. The third-order valence-electron chi connectivity index (χ3n) is 0.779. The average Bonchev–Trinajstić information content (AvgIpc) is 2.55. The molecule has 1 aromatic rings. The van der Waals surface area contributed by atoms with E-state index in [1.54, 1.807) is 11.3 Å². The van der Waals surface area contributed by atoms with Gasteiger partial charge in [-0.1, -0.05) is 31.4 Å². The summed E-state index contributed by atoms with van der Waals surface area (Å²) in [5, 5.41) is 4.08. The predicted octanol–water partition coefficient (Wildman–Crippen LogP) is 3.08. The Balaban J connectivity index is 0.000000140. The molecule has 1 heterocycles. The highest BCUT2D eigenvalue weighted by Gasteiger charge is 1.95. The molecule has 9 heavy (non-hydrogen) atoms. The van der Waals surface area contributed by atoms with Gasteiger partial charge in [-0.25, -0.2) is 0 Å². The summed E-state index contributed by atoms with van der Waals surface area (Å²) in [6.45, 7) is 0. The maximum absolute atomic E-state index is 2.04. The second kappa shape index (κ2) is 5.79. The van der Waals surface area contributed by atoms with Gasteiger partial charge >= 0.3 is 0 Å². The normalized spacial score (nSPS) is 12.4. The van der Waals surface area contributed by atoms with E-state index in [1.165, 1.54) is 19.3 Å². The van der Waals surface area contributed by atoms with E-state index >= 15 is 0 Å². The first-order valence-corrected chi connectivity index (χ1v) is 3.91. The molecule has 0 spiro atoms. The summed E-state index contributed by atoms with van der Waals surface area (Å²) >= 11 is 1.71. The lowest BCUT2D eigenvalue weighted by molar-refractivity contribution is 1.50. The van der Waals surface area contributed by atoms with Crippen molar-refractivity contribution >= 4 is 11.3 Å².